The van der Waals surface area contributed by atoms with Crippen molar-refractivity contribution in [1.82, 2.24) is 23.9 Å². The molecule has 186 valence electrons. The van der Waals surface area contributed by atoms with Gasteiger partial charge in [0, 0.05) is 36.8 Å². The molecule has 10 nitrogen and oxygen atoms in total. The zero-order chi connectivity index (χ0) is 26.1. The van der Waals surface area contributed by atoms with Crippen LogP contribution >= 0.6 is 11.6 Å². The first kappa shape index (κ1) is 23.0. The minimum absolute atomic E-state index is 0.0334. The van der Waals surface area contributed by atoms with Crippen LogP contribution in [0.1, 0.15) is 12.8 Å². The van der Waals surface area contributed by atoms with Gasteiger partial charge in [0.25, 0.3) is 0 Å². The van der Waals surface area contributed by atoms with Gasteiger partial charge in [-0.05, 0) is 25.0 Å². The van der Waals surface area contributed by atoms with Crippen molar-refractivity contribution in [2.75, 3.05) is 7.11 Å². The summed E-state index contributed by atoms with van der Waals surface area (Å²) in [5.41, 5.74) is -0.977. The number of nitriles is 1. The van der Waals surface area contributed by atoms with E-state index < -0.39 is 22.5 Å². The van der Waals surface area contributed by atoms with Crippen molar-refractivity contribution >= 4 is 33.6 Å². The Kier molecular flexibility index (Phi) is 5.00. The summed E-state index contributed by atoms with van der Waals surface area (Å²) in [6.45, 7) is 0.0628. The van der Waals surface area contributed by atoms with Gasteiger partial charge >= 0.3 is 11.2 Å². The molecule has 4 aromatic heterocycles. The van der Waals surface area contributed by atoms with Crippen LogP contribution in [-0.4, -0.2) is 31.0 Å². The average molecular weight is 521 g/mol. The Hall–Kier alpha value is -4.43. The van der Waals surface area contributed by atoms with Gasteiger partial charge in [-0.2, -0.15) is 10.4 Å². The molecule has 0 atom stereocenters. The van der Waals surface area contributed by atoms with Crippen LogP contribution in [0.3, 0.4) is 0 Å². The van der Waals surface area contributed by atoms with Gasteiger partial charge in [0.2, 0.25) is 5.58 Å². The van der Waals surface area contributed by atoms with Crippen molar-refractivity contribution in [2.24, 2.45) is 12.5 Å². The van der Waals surface area contributed by atoms with Crippen molar-refractivity contribution < 1.29 is 13.5 Å². The monoisotopic (exact) mass is 520 g/mol. The summed E-state index contributed by atoms with van der Waals surface area (Å²) in [7, 11) is 3.01. The Morgan fingerprint density at radius 3 is 2.73 bits per heavy atom. The number of pyridine rings is 1. The molecule has 12 heteroatoms. The first-order valence-electron chi connectivity index (χ1n) is 11.3. The Labute approximate surface area is 212 Å². The van der Waals surface area contributed by atoms with Crippen LogP contribution in [0.4, 0.5) is 4.39 Å². The average Bonchev–Trinajstić information content (AvgIpc) is 3.35. The third-order valence-electron chi connectivity index (χ3n) is 6.74. The standard InChI is InChI=1S/C25H18ClFN6O4/c1-31-21-13(9-30-31)8-29-10-18(21)33-23(34)22-17(32(24(33)35)12-25(11-28)3-4-25)7-19(37-22)14-5-20(36-2)16(27)6-15(14)26/h5-10H,3-4,12H2,1-2H3. The van der Waals surface area contributed by atoms with E-state index >= 15 is 0 Å². The van der Waals surface area contributed by atoms with Crippen LogP contribution in [-0.2, 0) is 13.6 Å². The number of methoxy groups -OCH3 is 1. The lowest BCUT2D eigenvalue weighted by Crippen LogP contribution is -2.40. The van der Waals surface area contributed by atoms with E-state index in [0.29, 0.717) is 23.7 Å². The van der Waals surface area contributed by atoms with E-state index in [9.17, 15) is 19.2 Å². The molecule has 0 N–H and O–H groups in total. The van der Waals surface area contributed by atoms with Gasteiger partial charge in [-0.1, -0.05) is 11.6 Å². The predicted octanol–water partition coefficient (Wildman–Crippen LogP) is 3.80. The summed E-state index contributed by atoms with van der Waals surface area (Å²) >= 11 is 6.30. The second-order valence-electron chi connectivity index (χ2n) is 9.06. The summed E-state index contributed by atoms with van der Waals surface area (Å²) in [5, 5.41) is 14.6. The molecule has 1 saturated carbocycles. The Morgan fingerprint density at radius 1 is 1.24 bits per heavy atom. The van der Waals surface area contributed by atoms with Gasteiger partial charge in [0.15, 0.2) is 11.6 Å². The molecule has 1 aromatic carbocycles. The first-order chi connectivity index (χ1) is 17.8. The quantitative estimate of drug-likeness (QED) is 0.345. The number of aryl methyl sites for hydroxylation is 1. The van der Waals surface area contributed by atoms with E-state index in [-0.39, 0.29) is 45.4 Å². The molecular weight excluding hydrogens is 503 g/mol. The molecule has 1 aliphatic rings. The fourth-order valence-electron chi connectivity index (χ4n) is 4.55. The number of benzene rings is 1. The highest BCUT2D eigenvalue weighted by Gasteiger charge is 2.44. The lowest BCUT2D eigenvalue weighted by molar-refractivity contribution is 0.386. The van der Waals surface area contributed by atoms with Crippen LogP contribution in [0.15, 0.2) is 50.8 Å². The van der Waals surface area contributed by atoms with Gasteiger partial charge in [-0.15, -0.1) is 0 Å². The molecule has 0 amide bonds. The Morgan fingerprint density at radius 2 is 2.03 bits per heavy atom. The molecule has 5 aromatic rings. The molecular formula is C25H18ClFN6O4. The maximum atomic E-state index is 14.2. The van der Waals surface area contributed by atoms with Gasteiger partial charge in [-0.3, -0.25) is 19.0 Å². The highest BCUT2D eigenvalue weighted by molar-refractivity contribution is 6.33. The summed E-state index contributed by atoms with van der Waals surface area (Å²) < 4.78 is 29.1. The number of hydrogen-bond donors (Lipinski definition) is 0. The maximum Gasteiger partial charge on any atom is 0.336 e. The molecule has 0 saturated heterocycles. The van der Waals surface area contributed by atoms with Crippen molar-refractivity contribution in [1.29, 1.82) is 5.26 Å². The van der Waals surface area contributed by atoms with Crippen LogP contribution in [0.5, 0.6) is 5.75 Å². The van der Waals surface area contributed by atoms with Crippen LogP contribution in [0.2, 0.25) is 5.02 Å². The van der Waals surface area contributed by atoms with E-state index in [1.54, 1.807) is 24.1 Å². The van der Waals surface area contributed by atoms with Gasteiger partial charge in [-0.25, -0.2) is 13.8 Å². The summed E-state index contributed by atoms with van der Waals surface area (Å²) in [4.78, 5) is 31.8. The molecule has 0 spiro atoms. The largest absolute Gasteiger partial charge is 0.494 e. The number of furan rings is 1. The molecule has 37 heavy (non-hydrogen) atoms. The molecule has 1 aliphatic carbocycles. The van der Waals surface area contributed by atoms with E-state index in [1.807, 2.05) is 0 Å². The summed E-state index contributed by atoms with van der Waals surface area (Å²) in [5.74, 6) is -0.585. The third-order valence-corrected chi connectivity index (χ3v) is 7.05. The smallest absolute Gasteiger partial charge is 0.336 e. The maximum absolute atomic E-state index is 14.2. The van der Waals surface area contributed by atoms with Crippen molar-refractivity contribution in [3.63, 3.8) is 0 Å². The number of nitrogens with zero attached hydrogens (tertiary/aromatic N) is 6. The first-order valence-corrected chi connectivity index (χ1v) is 11.6. The van der Waals surface area contributed by atoms with E-state index in [2.05, 4.69) is 16.2 Å². The van der Waals surface area contributed by atoms with Crippen LogP contribution in [0.25, 0.3) is 39.0 Å². The third kappa shape index (κ3) is 3.44. The van der Waals surface area contributed by atoms with Gasteiger partial charge in [0.05, 0.1) is 52.7 Å². The number of ether oxygens (including phenoxy) is 1. The van der Waals surface area contributed by atoms with Crippen LogP contribution < -0.4 is 16.0 Å². The minimum Gasteiger partial charge on any atom is -0.494 e. The molecule has 0 unspecified atom stereocenters. The van der Waals surface area contributed by atoms with Crippen LogP contribution in [0, 0.1) is 22.6 Å². The second kappa shape index (κ2) is 8.04. The fourth-order valence-corrected chi connectivity index (χ4v) is 4.80. The summed E-state index contributed by atoms with van der Waals surface area (Å²) in [6.07, 6.45) is 5.82. The molecule has 1 fully saturated rings. The lowest BCUT2D eigenvalue weighted by atomic mass is 10.1. The zero-order valence-electron chi connectivity index (χ0n) is 19.7. The molecule has 4 heterocycles. The summed E-state index contributed by atoms with van der Waals surface area (Å²) in [6, 6.07) is 6.22. The highest BCUT2D eigenvalue weighted by atomic mass is 35.5. The topological polar surface area (TPSA) is 121 Å². The SMILES string of the molecule is COc1cc(-c2cc3c(o2)c(=O)n(-c2cncc4cnn(C)c24)c(=O)n3CC2(C#N)CC2)c(Cl)cc1F. The molecule has 0 aliphatic heterocycles. The van der Waals surface area contributed by atoms with Crippen molar-refractivity contribution in [3.8, 4) is 28.8 Å². The Balaban J connectivity index is 1.68. The molecule has 6 rings (SSSR count). The van der Waals surface area contributed by atoms with E-state index in [4.69, 9.17) is 20.8 Å². The van der Waals surface area contributed by atoms with Crippen molar-refractivity contribution in [2.45, 2.75) is 19.4 Å². The normalized spacial score (nSPS) is 14.2. The number of hydrogen-bond acceptors (Lipinski definition) is 7. The highest BCUT2D eigenvalue weighted by Crippen LogP contribution is 2.46. The predicted molar refractivity (Wildman–Crippen MR) is 132 cm³/mol. The second-order valence-corrected chi connectivity index (χ2v) is 9.46. The fraction of sp³-hybridized carbons (Fsp3) is 0.240. The minimum atomic E-state index is -0.718. The number of fused-ring (bicyclic) bond motifs is 2. The number of halogens is 2. The van der Waals surface area contributed by atoms with Gasteiger partial charge < -0.3 is 9.15 Å². The lowest BCUT2D eigenvalue weighted by Gasteiger charge is -2.14. The zero-order valence-corrected chi connectivity index (χ0v) is 20.4. The molecule has 0 radical (unpaired) electrons. The van der Waals surface area contributed by atoms with Crippen molar-refractivity contribution in [3.05, 3.63) is 68.5 Å². The number of aromatic nitrogens is 5. The van der Waals surface area contributed by atoms with Gasteiger partial charge in [0.1, 0.15) is 5.76 Å². The Bertz CT molecular complexity index is 1910. The number of rotatable bonds is 5. The van der Waals surface area contributed by atoms with E-state index in [0.717, 1.165) is 10.6 Å². The molecule has 0 bridgehead atoms. The van der Waals surface area contributed by atoms with E-state index in [1.165, 1.54) is 30.0 Å².